The number of β-amino-alcohol motifs (C(OH)–C–C–N with tert-alkyl or cyclic N) is 1. The molecule has 3 N–H and O–H groups in total. The molecule has 0 bridgehead atoms. The molecule has 2 aromatic rings. The molecule has 176 valence electrons. The third kappa shape index (κ3) is 5.29. The van der Waals surface area contributed by atoms with Crippen LogP contribution < -0.4 is 15.5 Å². The van der Waals surface area contributed by atoms with Crippen LogP contribution in [0, 0.1) is 5.82 Å². The van der Waals surface area contributed by atoms with Gasteiger partial charge in [0.05, 0.1) is 23.4 Å². The first-order valence-electron chi connectivity index (χ1n) is 11.1. The number of carbonyl (C=O) groups excluding carboxylic acids is 2. The Bertz CT molecular complexity index is 1010. The number of anilines is 1. The Balaban J connectivity index is 1.35. The van der Waals surface area contributed by atoms with Crippen molar-refractivity contribution in [2.75, 3.05) is 38.1 Å². The van der Waals surface area contributed by atoms with Crippen molar-refractivity contribution >= 4 is 29.1 Å². The van der Waals surface area contributed by atoms with Crippen molar-refractivity contribution < 1.29 is 19.1 Å². The molecule has 2 atom stereocenters. The van der Waals surface area contributed by atoms with E-state index in [1.807, 2.05) is 9.80 Å². The highest BCUT2D eigenvalue weighted by Crippen LogP contribution is 2.27. The molecular formula is C24H28ClFN4O3. The molecule has 0 spiro atoms. The van der Waals surface area contributed by atoms with Gasteiger partial charge in [0, 0.05) is 49.9 Å². The molecule has 0 saturated carbocycles. The first-order valence-corrected chi connectivity index (χ1v) is 11.5. The van der Waals surface area contributed by atoms with E-state index in [2.05, 4.69) is 10.6 Å². The first-order chi connectivity index (χ1) is 15.9. The molecule has 2 aliphatic rings. The van der Waals surface area contributed by atoms with Crippen LogP contribution in [0.3, 0.4) is 0 Å². The van der Waals surface area contributed by atoms with E-state index in [1.165, 1.54) is 25.2 Å². The molecule has 2 aromatic carbocycles. The van der Waals surface area contributed by atoms with Crippen molar-refractivity contribution in [2.24, 2.45) is 0 Å². The minimum absolute atomic E-state index is 0.00923. The van der Waals surface area contributed by atoms with Crippen LogP contribution in [0.25, 0.3) is 0 Å². The van der Waals surface area contributed by atoms with Crippen LogP contribution in [-0.4, -0.2) is 73.2 Å². The van der Waals surface area contributed by atoms with Gasteiger partial charge in [0.15, 0.2) is 0 Å². The molecule has 0 unspecified atom stereocenters. The smallest absolute Gasteiger partial charge is 0.253 e. The van der Waals surface area contributed by atoms with Crippen molar-refractivity contribution in [3.63, 3.8) is 0 Å². The van der Waals surface area contributed by atoms with Crippen LogP contribution in [-0.2, 0) is 0 Å². The molecule has 0 aliphatic carbocycles. The van der Waals surface area contributed by atoms with E-state index in [4.69, 9.17) is 11.6 Å². The fourth-order valence-corrected chi connectivity index (χ4v) is 4.69. The number of aliphatic hydroxyl groups is 1. The molecule has 33 heavy (non-hydrogen) atoms. The largest absolute Gasteiger partial charge is 0.390 e. The lowest BCUT2D eigenvalue weighted by Crippen LogP contribution is -2.50. The number of nitrogens with zero attached hydrogens (tertiary/aromatic N) is 2. The van der Waals surface area contributed by atoms with Crippen molar-refractivity contribution in [1.29, 1.82) is 0 Å². The average Bonchev–Trinajstić information content (AvgIpc) is 3.19. The van der Waals surface area contributed by atoms with Crippen LogP contribution in [0.2, 0.25) is 5.02 Å². The Morgan fingerprint density at radius 3 is 2.45 bits per heavy atom. The van der Waals surface area contributed by atoms with Crippen molar-refractivity contribution in [3.8, 4) is 0 Å². The van der Waals surface area contributed by atoms with Gasteiger partial charge in [-0.2, -0.15) is 0 Å². The predicted molar refractivity (Wildman–Crippen MR) is 125 cm³/mol. The topological polar surface area (TPSA) is 84.9 Å². The van der Waals surface area contributed by atoms with Crippen molar-refractivity contribution in [2.45, 2.75) is 31.0 Å². The van der Waals surface area contributed by atoms with E-state index in [0.29, 0.717) is 48.0 Å². The van der Waals surface area contributed by atoms with Gasteiger partial charge in [0.2, 0.25) is 0 Å². The number of benzene rings is 2. The molecule has 2 heterocycles. The van der Waals surface area contributed by atoms with Crippen LogP contribution >= 0.6 is 11.6 Å². The van der Waals surface area contributed by atoms with E-state index in [1.54, 1.807) is 24.3 Å². The monoisotopic (exact) mass is 474 g/mol. The first kappa shape index (κ1) is 23.5. The van der Waals surface area contributed by atoms with Gasteiger partial charge in [-0.25, -0.2) is 4.39 Å². The SMILES string of the molecule is CNC(=O)c1ccc(F)cc1N1C[C@@H](O)[C@H](NC2CCN(C(=O)c3ccc(Cl)cc3)CC2)C1. The van der Waals surface area contributed by atoms with Crippen LogP contribution in [0.4, 0.5) is 10.1 Å². The second-order valence-corrected chi connectivity index (χ2v) is 9.00. The van der Waals surface area contributed by atoms with E-state index in [-0.39, 0.29) is 23.9 Å². The number of nitrogens with one attached hydrogen (secondary N) is 2. The Hall–Kier alpha value is -2.68. The lowest BCUT2D eigenvalue weighted by Gasteiger charge is -2.34. The van der Waals surface area contributed by atoms with Gasteiger partial charge in [-0.05, 0) is 55.3 Å². The fraction of sp³-hybridized carbons (Fsp3) is 0.417. The Labute approximate surface area is 197 Å². The van der Waals surface area contributed by atoms with Gasteiger partial charge in [0.1, 0.15) is 5.82 Å². The molecule has 2 saturated heterocycles. The normalized spacial score (nSPS) is 21.3. The zero-order valence-electron chi connectivity index (χ0n) is 18.4. The summed E-state index contributed by atoms with van der Waals surface area (Å²) in [5.41, 5.74) is 1.47. The number of hydrogen-bond donors (Lipinski definition) is 3. The Kier molecular flexibility index (Phi) is 7.17. The van der Waals surface area contributed by atoms with Crippen LogP contribution in [0.1, 0.15) is 33.6 Å². The maximum Gasteiger partial charge on any atom is 0.253 e. The number of piperidine rings is 1. The highest BCUT2D eigenvalue weighted by atomic mass is 35.5. The summed E-state index contributed by atoms with van der Waals surface area (Å²) in [7, 11) is 1.53. The quantitative estimate of drug-likeness (QED) is 0.619. The summed E-state index contributed by atoms with van der Waals surface area (Å²) < 4.78 is 13.9. The maximum atomic E-state index is 13.9. The molecular weight excluding hydrogens is 447 g/mol. The third-order valence-electron chi connectivity index (χ3n) is 6.38. The van der Waals surface area contributed by atoms with Gasteiger partial charge in [-0.3, -0.25) is 9.59 Å². The summed E-state index contributed by atoms with van der Waals surface area (Å²) in [6.45, 7) is 2.00. The Morgan fingerprint density at radius 2 is 1.79 bits per heavy atom. The lowest BCUT2D eigenvalue weighted by molar-refractivity contribution is 0.0691. The molecule has 9 heteroatoms. The number of carbonyl (C=O) groups is 2. The standard InChI is InChI=1S/C24H28ClFN4O3/c1-27-23(32)19-7-6-17(26)12-21(19)30-13-20(22(31)14-30)28-18-8-10-29(11-9-18)24(33)15-2-4-16(25)5-3-15/h2-7,12,18,20,22,28,31H,8-11,13-14H2,1H3,(H,27,32)/t20-,22-/m1/s1. The number of likely N-dealkylation sites (tertiary alicyclic amines) is 1. The average molecular weight is 475 g/mol. The van der Waals surface area contributed by atoms with Crippen LogP contribution in [0.5, 0.6) is 0 Å². The molecule has 7 nitrogen and oxygen atoms in total. The lowest BCUT2D eigenvalue weighted by atomic mass is 10.0. The molecule has 0 aromatic heterocycles. The summed E-state index contributed by atoms with van der Waals surface area (Å²) in [6.07, 6.45) is 0.886. The zero-order valence-corrected chi connectivity index (χ0v) is 19.2. The van der Waals surface area contributed by atoms with E-state index in [9.17, 15) is 19.1 Å². The van der Waals surface area contributed by atoms with Crippen molar-refractivity contribution in [1.82, 2.24) is 15.5 Å². The van der Waals surface area contributed by atoms with Crippen LogP contribution in [0.15, 0.2) is 42.5 Å². The number of hydrogen-bond acceptors (Lipinski definition) is 5. The summed E-state index contributed by atoms with van der Waals surface area (Å²) in [4.78, 5) is 28.6. The molecule has 2 fully saturated rings. The summed E-state index contributed by atoms with van der Waals surface area (Å²) in [5.74, 6) is -0.736. The molecule has 4 rings (SSSR count). The number of aliphatic hydroxyl groups excluding tert-OH is 1. The summed E-state index contributed by atoms with van der Waals surface area (Å²) in [6, 6.07) is 10.9. The second kappa shape index (κ2) is 10.1. The van der Waals surface area contributed by atoms with Gasteiger partial charge in [-0.1, -0.05) is 11.6 Å². The number of rotatable bonds is 5. The molecule has 0 radical (unpaired) electrons. The van der Waals surface area contributed by atoms with Gasteiger partial charge < -0.3 is 25.5 Å². The van der Waals surface area contributed by atoms with E-state index >= 15 is 0 Å². The zero-order chi connectivity index (χ0) is 23.5. The van der Waals surface area contributed by atoms with E-state index < -0.39 is 11.9 Å². The van der Waals surface area contributed by atoms with Crippen molar-refractivity contribution in [3.05, 3.63) is 64.4 Å². The fourth-order valence-electron chi connectivity index (χ4n) is 4.57. The van der Waals surface area contributed by atoms with Gasteiger partial charge in [-0.15, -0.1) is 0 Å². The highest BCUT2D eigenvalue weighted by molar-refractivity contribution is 6.30. The second-order valence-electron chi connectivity index (χ2n) is 8.56. The van der Waals surface area contributed by atoms with Gasteiger partial charge >= 0.3 is 0 Å². The Morgan fingerprint density at radius 1 is 1.09 bits per heavy atom. The maximum absolute atomic E-state index is 13.9. The number of halogens is 2. The summed E-state index contributed by atoms with van der Waals surface area (Å²) >= 11 is 5.91. The number of amides is 2. The minimum atomic E-state index is -0.653. The predicted octanol–water partition coefficient (Wildman–Crippen LogP) is 2.28. The minimum Gasteiger partial charge on any atom is -0.390 e. The van der Waals surface area contributed by atoms with E-state index in [0.717, 1.165) is 12.8 Å². The third-order valence-corrected chi connectivity index (χ3v) is 6.64. The molecule has 2 aliphatic heterocycles. The van der Waals surface area contributed by atoms with Gasteiger partial charge in [0.25, 0.3) is 11.8 Å². The summed E-state index contributed by atoms with van der Waals surface area (Å²) in [5, 5.41) is 17.3. The highest BCUT2D eigenvalue weighted by Gasteiger charge is 2.35. The molecule has 2 amide bonds.